The van der Waals surface area contributed by atoms with Gasteiger partial charge in [0.2, 0.25) is 0 Å². The van der Waals surface area contributed by atoms with Gasteiger partial charge in [-0.15, -0.1) is 12.4 Å². The van der Waals surface area contributed by atoms with E-state index in [4.69, 9.17) is 16.3 Å². The van der Waals surface area contributed by atoms with Gasteiger partial charge in [0.15, 0.2) is 12.4 Å². The Bertz CT molecular complexity index is 504. The third kappa shape index (κ3) is 2.37. The fourth-order valence-electron chi connectivity index (χ4n) is 1.61. The van der Waals surface area contributed by atoms with Gasteiger partial charge in [0, 0.05) is 12.1 Å². The van der Waals surface area contributed by atoms with Crippen molar-refractivity contribution in [1.82, 2.24) is 0 Å². The SMILES string of the molecule is COC(=O)c1cc(Cl)cc2c1OCC(=O)N2C.Cl. The van der Waals surface area contributed by atoms with Gasteiger partial charge in [0.05, 0.1) is 12.8 Å². The number of methoxy groups -OCH3 is 1. The Labute approximate surface area is 115 Å². The maximum Gasteiger partial charge on any atom is 0.341 e. The van der Waals surface area contributed by atoms with Crippen molar-refractivity contribution >= 4 is 41.6 Å². The molecular weight excluding hydrogens is 281 g/mol. The second-order valence-electron chi connectivity index (χ2n) is 3.53. The van der Waals surface area contributed by atoms with Crippen molar-refractivity contribution in [2.75, 3.05) is 25.7 Å². The lowest BCUT2D eigenvalue weighted by molar-refractivity contribution is -0.121. The zero-order valence-electron chi connectivity index (χ0n) is 9.73. The van der Waals surface area contributed by atoms with Crippen molar-refractivity contribution in [3.8, 4) is 5.75 Å². The van der Waals surface area contributed by atoms with Gasteiger partial charge in [0.1, 0.15) is 5.56 Å². The van der Waals surface area contributed by atoms with Crippen molar-refractivity contribution < 1.29 is 19.1 Å². The third-order valence-corrected chi connectivity index (χ3v) is 2.73. The number of ether oxygens (including phenoxy) is 2. The number of halogens is 2. The van der Waals surface area contributed by atoms with Crippen LogP contribution in [-0.4, -0.2) is 32.6 Å². The highest BCUT2D eigenvalue weighted by molar-refractivity contribution is 6.31. The summed E-state index contributed by atoms with van der Waals surface area (Å²) in [6.45, 7) is -0.102. The highest BCUT2D eigenvalue weighted by Gasteiger charge is 2.28. The first kappa shape index (κ1) is 14.6. The summed E-state index contributed by atoms with van der Waals surface area (Å²) in [5.41, 5.74) is 0.684. The lowest BCUT2D eigenvalue weighted by Crippen LogP contribution is -2.36. The molecule has 0 fully saturated rings. The second kappa shape index (κ2) is 5.46. The molecule has 0 unspecified atom stereocenters. The van der Waals surface area contributed by atoms with E-state index < -0.39 is 5.97 Å². The Balaban J connectivity index is 0.00000162. The Morgan fingerprint density at radius 1 is 1.50 bits per heavy atom. The van der Waals surface area contributed by atoms with Gasteiger partial charge in [-0.3, -0.25) is 4.79 Å². The van der Waals surface area contributed by atoms with Crippen molar-refractivity contribution in [1.29, 1.82) is 0 Å². The Hall–Kier alpha value is -1.46. The van der Waals surface area contributed by atoms with Crippen LogP contribution in [0.5, 0.6) is 5.75 Å². The largest absolute Gasteiger partial charge is 0.481 e. The number of esters is 1. The lowest BCUT2D eigenvalue weighted by atomic mass is 10.1. The zero-order valence-corrected chi connectivity index (χ0v) is 11.3. The summed E-state index contributed by atoms with van der Waals surface area (Å²) in [4.78, 5) is 24.4. The molecule has 1 amide bonds. The van der Waals surface area contributed by atoms with E-state index in [-0.39, 0.29) is 30.5 Å². The second-order valence-corrected chi connectivity index (χ2v) is 3.97. The minimum atomic E-state index is -0.550. The van der Waals surface area contributed by atoms with Crippen LogP contribution in [-0.2, 0) is 9.53 Å². The molecule has 5 nitrogen and oxygen atoms in total. The van der Waals surface area contributed by atoms with Crippen LogP contribution >= 0.6 is 24.0 Å². The molecule has 1 aliphatic heterocycles. The summed E-state index contributed by atoms with van der Waals surface area (Å²) < 4.78 is 9.90. The molecule has 0 N–H and O–H groups in total. The van der Waals surface area contributed by atoms with Gasteiger partial charge >= 0.3 is 5.97 Å². The third-order valence-electron chi connectivity index (χ3n) is 2.51. The van der Waals surface area contributed by atoms with Gasteiger partial charge in [0.25, 0.3) is 5.91 Å². The van der Waals surface area contributed by atoms with Crippen molar-refractivity contribution in [3.63, 3.8) is 0 Å². The molecule has 1 heterocycles. The normalized spacial score (nSPS) is 13.3. The molecule has 0 bridgehead atoms. The van der Waals surface area contributed by atoms with Crippen molar-refractivity contribution in [2.24, 2.45) is 0 Å². The highest BCUT2D eigenvalue weighted by Crippen LogP contribution is 2.37. The lowest BCUT2D eigenvalue weighted by Gasteiger charge is -2.27. The molecule has 0 spiro atoms. The van der Waals surface area contributed by atoms with Crippen LogP contribution in [0.15, 0.2) is 12.1 Å². The van der Waals surface area contributed by atoms with E-state index in [1.807, 2.05) is 0 Å². The number of carbonyl (C=O) groups excluding carboxylic acids is 2. The first-order chi connectivity index (χ1) is 8.04. The number of anilines is 1. The maximum atomic E-state index is 11.6. The molecule has 2 rings (SSSR count). The summed E-state index contributed by atoms with van der Waals surface area (Å²) in [6, 6.07) is 3.02. The number of hydrogen-bond donors (Lipinski definition) is 0. The minimum Gasteiger partial charge on any atom is -0.481 e. The molecule has 0 radical (unpaired) electrons. The van der Waals surface area contributed by atoms with E-state index in [0.29, 0.717) is 16.5 Å². The van der Waals surface area contributed by atoms with Crippen LogP contribution in [0.4, 0.5) is 5.69 Å². The van der Waals surface area contributed by atoms with E-state index in [1.54, 1.807) is 13.1 Å². The first-order valence-corrected chi connectivity index (χ1v) is 5.23. The van der Waals surface area contributed by atoms with E-state index in [2.05, 4.69) is 4.74 Å². The zero-order chi connectivity index (χ0) is 12.6. The van der Waals surface area contributed by atoms with Gasteiger partial charge in [-0.2, -0.15) is 0 Å². The number of fused-ring (bicyclic) bond motifs is 1. The number of rotatable bonds is 1. The van der Waals surface area contributed by atoms with Gasteiger partial charge in [-0.05, 0) is 12.1 Å². The Morgan fingerprint density at radius 3 is 2.78 bits per heavy atom. The molecule has 7 heteroatoms. The molecule has 1 aromatic carbocycles. The highest BCUT2D eigenvalue weighted by atomic mass is 35.5. The number of hydrogen-bond acceptors (Lipinski definition) is 4. The van der Waals surface area contributed by atoms with Crippen LogP contribution in [0.1, 0.15) is 10.4 Å². The average Bonchev–Trinajstić information content (AvgIpc) is 2.32. The molecule has 0 atom stereocenters. The van der Waals surface area contributed by atoms with Crippen LogP contribution < -0.4 is 9.64 Å². The fourth-order valence-corrected chi connectivity index (χ4v) is 1.82. The summed E-state index contributed by atoms with van der Waals surface area (Å²) >= 11 is 5.89. The number of nitrogens with zero attached hydrogens (tertiary/aromatic N) is 1. The monoisotopic (exact) mass is 291 g/mol. The molecule has 1 aromatic rings. The molecular formula is C11H11Cl2NO4. The van der Waals surface area contributed by atoms with Crippen molar-refractivity contribution in [3.05, 3.63) is 22.7 Å². The van der Waals surface area contributed by atoms with E-state index in [0.717, 1.165) is 0 Å². The topological polar surface area (TPSA) is 55.8 Å². The van der Waals surface area contributed by atoms with Crippen LogP contribution in [0.25, 0.3) is 0 Å². The number of likely N-dealkylation sites (N-methyl/N-ethyl adjacent to an activating group) is 1. The summed E-state index contributed by atoms with van der Waals surface area (Å²) in [5, 5.41) is 0.342. The fraction of sp³-hybridized carbons (Fsp3) is 0.273. The minimum absolute atomic E-state index is 0. The maximum absolute atomic E-state index is 11.6. The summed E-state index contributed by atoms with van der Waals surface area (Å²) in [6.07, 6.45) is 0. The van der Waals surface area contributed by atoms with Crippen molar-refractivity contribution in [2.45, 2.75) is 0 Å². The predicted octanol–water partition coefficient (Wildman–Crippen LogP) is 1.90. The predicted molar refractivity (Wildman–Crippen MR) is 68.9 cm³/mol. The summed E-state index contributed by atoms with van der Waals surface area (Å²) in [5.74, 6) is -0.426. The van der Waals surface area contributed by atoms with Gasteiger partial charge in [-0.25, -0.2) is 4.79 Å². The van der Waals surface area contributed by atoms with E-state index in [9.17, 15) is 9.59 Å². The molecule has 18 heavy (non-hydrogen) atoms. The van der Waals surface area contributed by atoms with E-state index >= 15 is 0 Å². The average molecular weight is 292 g/mol. The standard InChI is InChI=1S/C11H10ClNO4.ClH/c1-13-8-4-6(12)3-7(11(15)16-2)10(8)17-5-9(13)14;/h3-4H,5H2,1-2H3;1H. The van der Waals surface area contributed by atoms with E-state index in [1.165, 1.54) is 18.1 Å². The molecule has 0 aromatic heterocycles. The molecule has 98 valence electrons. The molecule has 0 aliphatic carbocycles. The Kier molecular flexibility index (Phi) is 4.43. The molecule has 0 saturated heterocycles. The molecule has 1 aliphatic rings. The number of amides is 1. The Morgan fingerprint density at radius 2 is 2.17 bits per heavy atom. The smallest absolute Gasteiger partial charge is 0.341 e. The number of carbonyl (C=O) groups is 2. The van der Waals surface area contributed by atoms with Gasteiger partial charge in [-0.1, -0.05) is 11.6 Å². The van der Waals surface area contributed by atoms with Crippen LogP contribution in [0, 0.1) is 0 Å². The first-order valence-electron chi connectivity index (χ1n) is 4.86. The van der Waals surface area contributed by atoms with Gasteiger partial charge < -0.3 is 14.4 Å². The van der Waals surface area contributed by atoms with Crippen LogP contribution in [0.2, 0.25) is 5.02 Å². The quantitative estimate of drug-likeness (QED) is 0.742. The molecule has 0 saturated carbocycles. The van der Waals surface area contributed by atoms with Crippen LogP contribution in [0.3, 0.4) is 0 Å². The number of benzene rings is 1. The summed E-state index contributed by atoms with van der Waals surface area (Å²) in [7, 11) is 2.87.